The molecule has 0 spiro atoms. The summed E-state index contributed by atoms with van der Waals surface area (Å²) in [5.74, 6) is -5.25. The summed E-state index contributed by atoms with van der Waals surface area (Å²) in [5.41, 5.74) is 2.31. The number of carbonyl (C=O) groups excluding carboxylic acids is 3. The lowest BCUT2D eigenvalue weighted by molar-refractivity contribution is 0.0695. The van der Waals surface area contributed by atoms with E-state index in [4.69, 9.17) is 11.6 Å². The van der Waals surface area contributed by atoms with Crippen molar-refractivity contribution in [3.63, 3.8) is 0 Å². The van der Waals surface area contributed by atoms with E-state index in [-0.39, 0.29) is 40.3 Å². The number of aromatic carboxylic acids is 1. The molecule has 3 amide bonds. The standard InChI is InChI=1S/C34H29ClF2N6O5/c1-4-22-17(2)23(34(47)48)9-10-24(22)18(3)40-33(46)29-14-28(32(45)38-15-19-8-11-26(36)27(37)12-19)42-30-25(16-39-43(29)30)31(44)41-21-7-5-6-20(35)13-21/h5-14,16,18H,4,15H2,1-3H3,(H,38,45)(H,40,46)(H,41,44)(H,47,48)/t18-/m0/s1. The molecule has 0 aliphatic heterocycles. The van der Waals surface area contributed by atoms with E-state index < -0.39 is 41.4 Å². The van der Waals surface area contributed by atoms with Gasteiger partial charge in [-0.2, -0.15) is 5.10 Å². The summed E-state index contributed by atoms with van der Waals surface area (Å²) in [6.45, 7) is 5.13. The van der Waals surface area contributed by atoms with Crippen molar-refractivity contribution in [2.24, 2.45) is 0 Å². The van der Waals surface area contributed by atoms with E-state index >= 15 is 0 Å². The summed E-state index contributed by atoms with van der Waals surface area (Å²) in [6.07, 6.45) is 1.71. The Morgan fingerprint density at radius 2 is 1.73 bits per heavy atom. The number of anilines is 1. The monoisotopic (exact) mass is 674 g/mol. The van der Waals surface area contributed by atoms with Gasteiger partial charge in [0.15, 0.2) is 17.3 Å². The predicted molar refractivity (Wildman–Crippen MR) is 173 cm³/mol. The Morgan fingerprint density at radius 3 is 2.42 bits per heavy atom. The second-order valence-corrected chi connectivity index (χ2v) is 11.3. The van der Waals surface area contributed by atoms with Gasteiger partial charge < -0.3 is 21.1 Å². The maximum absolute atomic E-state index is 13.8. The third kappa shape index (κ3) is 7.00. The third-order valence-electron chi connectivity index (χ3n) is 7.73. The molecule has 2 aromatic heterocycles. The predicted octanol–water partition coefficient (Wildman–Crippen LogP) is 5.90. The first-order chi connectivity index (χ1) is 22.9. The lowest BCUT2D eigenvalue weighted by Gasteiger charge is -2.20. The molecule has 48 heavy (non-hydrogen) atoms. The van der Waals surface area contributed by atoms with Crippen LogP contribution < -0.4 is 16.0 Å². The molecule has 4 N–H and O–H groups in total. The molecular formula is C34H29ClF2N6O5. The van der Waals surface area contributed by atoms with Gasteiger partial charge >= 0.3 is 5.97 Å². The molecule has 0 saturated heterocycles. The number of hydrogen-bond acceptors (Lipinski definition) is 6. The fraction of sp³-hybridized carbons (Fsp3) is 0.176. The van der Waals surface area contributed by atoms with Crippen LogP contribution in [0.3, 0.4) is 0 Å². The molecule has 14 heteroatoms. The number of halogens is 3. The van der Waals surface area contributed by atoms with E-state index in [0.717, 1.165) is 22.2 Å². The van der Waals surface area contributed by atoms with Crippen molar-refractivity contribution in [1.29, 1.82) is 0 Å². The Balaban J connectivity index is 1.51. The molecule has 0 aliphatic carbocycles. The molecule has 246 valence electrons. The average molecular weight is 675 g/mol. The molecule has 0 fully saturated rings. The molecule has 0 aliphatic rings. The molecule has 5 rings (SSSR count). The maximum atomic E-state index is 13.8. The molecular weight excluding hydrogens is 646 g/mol. The van der Waals surface area contributed by atoms with Crippen molar-refractivity contribution in [3.8, 4) is 0 Å². The smallest absolute Gasteiger partial charge is 0.335 e. The Morgan fingerprint density at radius 1 is 0.958 bits per heavy atom. The van der Waals surface area contributed by atoms with Gasteiger partial charge in [-0.15, -0.1) is 0 Å². The second-order valence-electron chi connectivity index (χ2n) is 10.9. The van der Waals surface area contributed by atoms with E-state index in [0.29, 0.717) is 28.3 Å². The van der Waals surface area contributed by atoms with Crippen LogP contribution in [0.2, 0.25) is 5.02 Å². The highest BCUT2D eigenvalue weighted by Gasteiger charge is 2.25. The first kappa shape index (κ1) is 33.7. The first-order valence-electron chi connectivity index (χ1n) is 14.7. The minimum atomic E-state index is -1.08. The fourth-order valence-corrected chi connectivity index (χ4v) is 5.51. The lowest BCUT2D eigenvalue weighted by atomic mass is 9.91. The lowest BCUT2D eigenvalue weighted by Crippen LogP contribution is -2.31. The van der Waals surface area contributed by atoms with Gasteiger partial charge in [-0.3, -0.25) is 14.4 Å². The molecule has 3 aromatic carbocycles. The van der Waals surface area contributed by atoms with Crippen molar-refractivity contribution in [2.75, 3.05) is 5.32 Å². The molecule has 5 aromatic rings. The summed E-state index contributed by atoms with van der Waals surface area (Å²) in [7, 11) is 0. The number of carbonyl (C=O) groups is 4. The second kappa shape index (κ2) is 14.0. The molecule has 0 bridgehead atoms. The van der Waals surface area contributed by atoms with Gasteiger partial charge in [0.1, 0.15) is 17.0 Å². The van der Waals surface area contributed by atoms with Crippen molar-refractivity contribution in [3.05, 3.63) is 128 Å². The van der Waals surface area contributed by atoms with E-state index in [1.807, 2.05) is 6.92 Å². The number of amides is 3. The van der Waals surface area contributed by atoms with Crippen LogP contribution in [0.25, 0.3) is 5.65 Å². The highest BCUT2D eigenvalue weighted by molar-refractivity contribution is 6.31. The summed E-state index contributed by atoms with van der Waals surface area (Å²) in [5, 5.41) is 22.3. The molecule has 0 unspecified atom stereocenters. The first-order valence-corrected chi connectivity index (χ1v) is 15.1. The highest BCUT2D eigenvalue weighted by Crippen LogP contribution is 2.26. The zero-order valence-corrected chi connectivity index (χ0v) is 26.7. The van der Waals surface area contributed by atoms with Crippen molar-refractivity contribution in [1.82, 2.24) is 25.2 Å². The Hall–Kier alpha value is -5.69. The normalized spacial score (nSPS) is 11.6. The topological polar surface area (TPSA) is 155 Å². The van der Waals surface area contributed by atoms with Gasteiger partial charge in [-0.05, 0) is 78.9 Å². The van der Waals surface area contributed by atoms with E-state index in [2.05, 4.69) is 26.0 Å². The summed E-state index contributed by atoms with van der Waals surface area (Å²) < 4.78 is 28.2. The molecule has 1 atom stereocenters. The molecule has 0 saturated carbocycles. The average Bonchev–Trinajstić information content (AvgIpc) is 3.48. The third-order valence-corrected chi connectivity index (χ3v) is 7.97. The van der Waals surface area contributed by atoms with Crippen molar-refractivity contribution >= 4 is 46.6 Å². The summed E-state index contributed by atoms with van der Waals surface area (Å²) in [6, 6.07) is 13.3. The number of carboxylic acids is 1. The number of rotatable bonds is 10. The zero-order chi connectivity index (χ0) is 34.7. The van der Waals surface area contributed by atoms with Gasteiger partial charge in [0.2, 0.25) is 0 Å². The fourth-order valence-electron chi connectivity index (χ4n) is 5.32. The van der Waals surface area contributed by atoms with E-state index in [9.17, 15) is 33.1 Å². The number of benzene rings is 3. The molecule has 2 heterocycles. The number of aromatic nitrogens is 3. The Labute approximate surface area is 278 Å². The Bertz CT molecular complexity index is 2100. The zero-order valence-electron chi connectivity index (χ0n) is 25.9. The number of fused-ring (bicyclic) bond motifs is 1. The Kier molecular flexibility index (Phi) is 9.80. The van der Waals surface area contributed by atoms with Crippen LogP contribution >= 0.6 is 11.6 Å². The van der Waals surface area contributed by atoms with Crippen LogP contribution in [0.15, 0.2) is 66.9 Å². The van der Waals surface area contributed by atoms with Gasteiger partial charge in [0.25, 0.3) is 17.7 Å². The van der Waals surface area contributed by atoms with Gasteiger partial charge in [-0.25, -0.2) is 23.1 Å². The maximum Gasteiger partial charge on any atom is 0.335 e. The van der Waals surface area contributed by atoms with E-state index in [1.165, 1.54) is 30.5 Å². The molecule has 11 nitrogen and oxygen atoms in total. The summed E-state index contributed by atoms with van der Waals surface area (Å²) in [4.78, 5) is 56.5. The van der Waals surface area contributed by atoms with Crippen LogP contribution in [0.4, 0.5) is 14.5 Å². The number of nitrogens with one attached hydrogen (secondary N) is 3. The quantitative estimate of drug-likeness (QED) is 0.144. The SMILES string of the molecule is CCc1c([C@H](C)NC(=O)c2cc(C(=O)NCc3ccc(F)c(F)c3)nc3c(C(=O)Nc4cccc(Cl)c4)cnn23)ccc(C(=O)O)c1C. The van der Waals surface area contributed by atoms with Crippen molar-refractivity contribution in [2.45, 2.75) is 39.8 Å². The van der Waals surface area contributed by atoms with Crippen LogP contribution in [-0.4, -0.2) is 43.4 Å². The molecule has 0 radical (unpaired) electrons. The van der Waals surface area contributed by atoms with Crippen LogP contribution in [0.1, 0.15) is 83.8 Å². The van der Waals surface area contributed by atoms with Crippen LogP contribution in [0, 0.1) is 18.6 Å². The van der Waals surface area contributed by atoms with Crippen LogP contribution in [-0.2, 0) is 13.0 Å². The van der Waals surface area contributed by atoms with E-state index in [1.54, 1.807) is 38.1 Å². The van der Waals surface area contributed by atoms with Crippen LogP contribution in [0.5, 0.6) is 0 Å². The van der Waals surface area contributed by atoms with Gasteiger partial charge in [0, 0.05) is 23.3 Å². The number of nitrogens with zero attached hydrogens (tertiary/aromatic N) is 3. The van der Waals surface area contributed by atoms with Gasteiger partial charge in [-0.1, -0.05) is 36.7 Å². The van der Waals surface area contributed by atoms with Crippen molar-refractivity contribution < 1.29 is 33.1 Å². The minimum absolute atomic E-state index is 0.0551. The van der Waals surface area contributed by atoms with Gasteiger partial charge in [0.05, 0.1) is 17.8 Å². The largest absolute Gasteiger partial charge is 0.478 e. The highest BCUT2D eigenvalue weighted by atomic mass is 35.5. The number of hydrogen-bond donors (Lipinski definition) is 4. The minimum Gasteiger partial charge on any atom is -0.478 e. The number of carboxylic acid groups (broad SMARTS) is 1. The summed E-state index contributed by atoms with van der Waals surface area (Å²) >= 11 is 6.05.